The fourth-order valence-electron chi connectivity index (χ4n) is 1.55. The van der Waals surface area contributed by atoms with Gasteiger partial charge in [-0.2, -0.15) is 0 Å². The number of hydrogen-bond acceptors (Lipinski definition) is 3. The molecule has 0 atom stereocenters. The number of methoxy groups -OCH3 is 1. The molecule has 0 spiro atoms. The summed E-state index contributed by atoms with van der Waals surface area (Å²) in [5.74, 6) is 1.16. The first-order valence-corrected chi connectivity index (χ1v) is 5.57. The van der Waals surface area contributed by atoms with Crippen molar-refractivity contribution in [2.75, 3.05) is 12.8 Å². The molecule has 4 nitrogen and oxygen atoms in total. The molecular formula is C11H12BrN3O. The number of nitrogens with one attached hydrogen (secondary N) is 1. The van der Waals surface area contributed by atoms with Crippen molar-refractivity contribution in [3.05, 3.63) is 28.4 Å². The minimum Gasteiger partial charge on any atom is -0.496 e. The summed E-state index contributed by atoms with van der Waals surface area (Å²) in [5.41, 5.74) is 8.43. The van der Waals surface area contributed by atoms with E-state index in [1.54, 1.807) is 7.11 Å². The van der Waals surface area contributed by atoms with Crippen molar-refractivity contribution >= 4 is 21.9 Å². The SMILES string of the molecule is COc1ccc(C)cc1-c1nc(N)[nH]c1Br. The minimum atomic E-state index is 0.380. The molecular weight excluding hydrogens is 270 g/mol. The third-order valence-electron chi connectivity index (χ3n) is 2.29. The Balaban J connectivity index is 2.62. The third kappa shape index (κ3) is 1.90. The number of nitrogens with two attached hydrogens (primary N) is 1. The monoisotopic (exact) mass is 281 g/mol. The predicted octanol–water partition coefficient (Wildman–Crippen LogP) is 2.74. The number of H-pyrrole nitrogens is 1. The van der Waals surface area contributed by atoms with Crippen LogP contribution in [0.2, 0.25) is 0 Å². The van der Waals surface area contributed by atoms with Crippen LogP contribution in [-0.4, -0.2) is 17.1 Å². The molecule has 2 aromatic rings. The Morgan fingerprint density at radius 1 is 1.44 bits per heavy atom. The zero-order valence-electron chi connectivity index (χ0n) is 9.04. The Morgan fingerprint density at radius 2 is 2.19 bits per heavy atom. The average Bonchev–Trinajstić information content (AvgIpc) is 2.57. The van der Waals surface area contributed by atoms with E-state index in [9.17, 15) is 0 Å². The fraction of sp³-hybridized carbons (Fsp3) is 0.182. The average molecular weight is 282 g/mol. The molecule has 0 fully saturated rings. The number of aromatic nitrogens is 2. The highest BCUT2D eigenvalue weighted by Gasteiger charge is 2.13. The normalized spacial score (nSPS) is 10.4. The van der Waals surface area contributed by atoms with Gasteiger partial charge in [-0.3, -0.25) is 0 Å². The second kappa shape index (κ2) is 4.17. The van der Waals surface area contributed by atoms with E-state index in [4.69, 9.17) is 10.5 Å². The largest absolute Gasteiger partial charge is 0.496 e. The van der Waals surface area contributed by atoms with E-state index < -0.39 is 0 Å². The number of benzene rings is 1. The van der Waals surface area contributed by atoms with Crippen molar-refractivity contribution in [1.82, 2.24) is 9.97 Å². The summed E-state index contributed by atoms with van der Waals surface area (Å²) in [7, 11) is 1.64. The summed E-state index contributed by atoms with van der Waals surface area (Å²) < 4.78 is 6.06. The predicted molar refractivity (Wildman–Crippen MR) is 67.4 cm³/mol. The van der Waals surface area contributed by atoms with Gasteiger partial charge < -0.3 is 15.5 Å². The lowest BCUT2D eigenvalue weighted by molar-refractivity contribution is 0.416. The van der Waals surface area contributed by atoms with Crippen LogP contribution in [0.3, 0.4) is 0 Å². The van der Waals surface area contributed by atoms with Gasteiger partial charge in [0.2, 0.25) is 0 Å². The van der Waals surface area contributed by atoms with E-state index in [1.165, 1.54) is 0 Å². The lowest BCUT2D eigenvalue weighted by Crippen LogP contribution is -1.90. The smallest absolute Gasteiger partial charge is 0.198 e. The quantitative estimate of drug-likeness (QED) is 0.890. The van der Waals surface area contributed by atoms with E-state index in [2.05, 4.69) is 25.9 Å². The van der Waals surface area contributed by atoms with Gasteiger partial charge in [0.25, 0.3) is 0 Å². The van der Waals surface area contributed by atoms with Crippen molar-refractivity contribution in [2.45, 2.75) is 6.92 Å². The number of hydrogen-bond donors (Lipinski definition) is 2. The Bertz CT molecular complexity index is 522. The van der Waals surface area contributed by atoms with Crippen LogP contribution >= 0.6 is 15.9 Å². The lowest BCUT2D eigenvalue weighted by atomic mass is 10.1. The first-order chi connectivity index (χ1) is 7.61. The molecule has 5 heteroatoms. The summed E-state index contributed by atoms with van der Waals surface area (Å²) in [6, 6.07) is 5.92. The summed E-state index contributed by atoms with van der Waals surface area (Å²) in [4.78, 5) is 7.13. The van der Waals surface area contributed by atoms with Gasteiger partial charge in [-0.1, -0.05) is 11.6 Å². The molecule has 3 N–H and O–H groups in total. The van der Waals surface area contributed by atoms with Crippen LogP contribution in [-0.2, 0) is 0 Å². The Morgan fingerprint density at radius 3 is 2.75 bits per heavy atom. The molecule has 0 bridgehead atoms. The van der Waals surface area contributed by atoms with Crippen molar-refractivity contribution in [3.8, 4) is 17.0 Å². The highest BCUT2D eigenvalue weighted by atomic mass is 79.9. The zero-order chi connectivity index (χ0) is 11.7. The molecule has 0 amide bonds. The summed E-state index contributed by atoms with van der Waals surface area (Å²) in [6.07, 6.45) is 0. The van der Waals surface area contributed by atoms with Crippen molar-refractivity contribution < 1.29 is 4.74 Å². The molecule has 0 unspecified atom stereocenters. The lowest BCUT2D eigenvalue weighted by Gasteiger charge is -2.07. The number of rotatable bonds is 2. The van der Waals surface area contributed by atoms with Gasteiger partial charge in [0, 0.05) is 5.56 Å². The second-order valence-corrected chi connectivity index (χ2v) is 4.28. The number of nitrogen functional groups attached to an aromatic ring is 1. The van der Waals surface area contributed by atoms with E-state index in [1.807, 2.05) is 25.1 Å². The zero-order valence-corrected chi connectivity index (χ0v) is 10.6. The highest BCUT2D eigenvalue weighted by Crippen LogP contribution is 2.34. The molecule has 0 aliphatic heterocycles. The molecule has 0 aliphatic rings. The van der Waals surface area contributed by atoms with Gasteiger partial charge in [0.15, 0.2) is 5.95 Å². The summed E-state index contributed by atoms with van der Waals surface area (Å²) >= 11 is 3.39. The topological polar surface area (TPSA) is 63.9 Å². The molecule has 0 saturated heterocycles. The molecule has 16 heavy (non-hydrogen) atoms. The molecule has 1 heterocycles. The van der Waals surface area contributed by atoms with Crippen molar-refractivity contribution in [3.63, 3.8) is 0 Å². The Kier molecular flexibility index (Phi) is 2.87. The standard InChI is InChI=1S/C11H12BrN3O/c1-6-3-4-8(16-2)7(5-6)9-10(12)15-11(13)14-9/h3-5H,1-2H3,(H3,13,14,15). The summed E-state index contributed by atoms with van der Waals surface area (Å²) in [6.45, 7) is 2.02. The van der Waals surface area contributed by atoms with Crippen molar-refractivity contribution in [1.29, 1.82) is 0 Å². The van der Waals surface area contributed by atoms with Gasteiger partial charge in [-0.25, -0.2) is 4.98 Å². The van der Waals surface area contributed by atoms with E-state index in [0.29, 0.717) is 5.95 Å². The van der Waals surface area contributed by atoms with Crippen molar-refractivity contribution in [2.24, 2.45) is 0 Å². The third-order valence-corrected chi connectivity index (χ3v) is 2.86. The number of ether oxygens (including phenoxy) is 1. The van der Waals surface area contributed by atoms with Gasteiger partial charge in [0.05, 0.1) is 7.11 Å². The first-order valence-electron chi connectivity index (χ1n) is 4.78. The molecule has 1 aromatic heterocycles. The number of anilines is 1. The van der Waals surface area contributed by atoms with Crippen LogP contribution in [0, 0.1) is 6.92 Å². The van der Waals surface area contributed by atoms with Gasteiger partial charge in [-0.15, -0.1) is 0 Å². The molecule has 0 saturated carbocycles. The number of halogens is 1. The van der Waals surface area contributed by atoms with E-state index >= 15 is 0 Å². The molecule has 2 rings (SSSR count). The number of aromatic amines is 1. The van der Waals surface area contributed by atoms with Gasteiger partial charge in [-0.05, 0) is 35.0 Å². The van der Waals surface area contributed by atoms with Gasteiger partial charge in [0.1, 0.15) is 16.0 Å². The second-order valence-electron chi connectivity index (χ2n) is 3.49. The maximum atomic E-state index is 5.61. The summed E-state index contributed by atoms with van der Waals surface area (Å²) in [5, 5.41) is 0. The van der Waals surface area contributed by atoms with Crippen LogP contribution in [0.5, 0.6) is 5.75 Å². The maximum Gasteiger partial charge on any atom is 0.198 e. The van der Waals surface area contributed by atoms with Crippen LogP contribution in [0.25, 0.3) is 11.3 Å². The van der Waals surface area contributed by atoms with Crippen LogP contribution < -0.4 is 10.5 Å². The molecule has 0 aliphatic carbocycles. The highest BCUT2D eigenvalue weighted by molar-refractivity contribution is 9.10. The van der Waals surface area contributed by atoms with E-state index in [0.717, 1.165) is 27.2 Å². The van der Waals surface area contributed by atoms with Crippen LogP contribution in [0.15, 0.2) is 22.8 Å². The number of imidazole rings is 1. The van der Waals surface area contributed by atoms with Crippen LogP contribution in [0.4, 0.5) is 5.95 Å². The Hall–Kier alpha value is -1.49. The molecule has 0 radical (unpaired) electrons. The van der Waals surface area contributed by atoms with Crippen LogP contribution in [0.1, 0.15) is 5.56 Å². The molecule has 1 aromatic carbocycles. The van der Waals surface area contributed by atoms with E-state index in [-0.39, 0.29) is 0 Å². The van der Waals surface area contributed by atoms with Gasteiger partial charge >= 0.3 is 0 Å². The fourth-order valence-corrected chi connectivity index (χ4v) is 2.06. The maximum absolute atomic E-state index is 5.61. The molecule has 84 valence electrons. The first kappa shape index (κ1) is 11.0. The minimum absolute atomic E-state index is 0.380. The Labute approximate surface area is 102 Å². The number of aryl methyl sites for hydroxylation is 1. The number of nitrogens with zero attached hydrogens (tertiary/aromatic N) is 1.